The van der Waals surface area contributed by atoms with Crippen molar-refractivity contribution in [2.24, 2.45) is 0 Å². The van der Waals surface area contributed by atoms with E-state index in [0.29, 0.717) is 0 Å². The number of anilines is 6. The molecule has 0 bridgehead atoms. The quantitative estimate of drug-likeness (QED) is 0.0905. The van der Waals surface area contributed by atoms with Gasteiger partial charge < -0.3 is 9.80 Å². The minimum Gasteiger partial charge on any atom is -0.310 e. The van der Waals surface area contributed by atoms with E-state index in [2.05, 4.69) is 222 Å². The summed E-state index contributed by atoms with van der Waals surface area (Å²) in [6.07, 6.45) is 9.16. The number of benzene rings is 7. The number of fused-ring (bicyclic) bond motifs is 3. The van der Waals surface area contributed by atoms with Crippen LogP contribution in [0.25, 0.3) is 11.1 Å². The molecule has 0 aromatic heterocycles. The van der Waals surface area contributed by atoms with Crippen molar-refractivity contribution in [1.29, 1.82) is 0 Å². The second-order valence-electron chi connectivity index (χ2n) is 16.1. The fourth-order valence-electron chi connectivity index (χ4n) is 9.81. The molecule has 0 unspecified atom stereocenters. The lowest BCUT2D eigenvalue weighted by molar-refractivity contribution is 0.548. The highest BCUT2D eigenvalue weighted by Crippen LogP contribution is 2.58. The maximum Gasteiger partial charge on any atom is 0.0520 e. The summed E-state index contributed by atoms with van der Waals surface area (Å²) >= 11 is 0. The van der Waals surface area contributed by atoms with Gasteiger partial charge in [-0.2, -0.15) is 0 Å². The van der Waals surface area contributed by atoms with Crippen LogP contribution in [0.3, 0.4) is 0 Å². The number of hydrogen-bond acceptors (Lipinski definition) is 2. The molecule has 1 aliphatic rings. The molecule has 2 heteroatoms. The third kappa shape index (κ3) is 6.98. The van der Waals surface area contributed by atoms with E-state index in [1.54, 1.807) is 0 Å². The highest BCUT2D eigenvalue weighted by atomic mass is 15.2. The Labute approximate surface area is 346 Å². The highest BCUT2D eigenvalue weighted by Gasteiger charge is 2.45. The Morgan fingerprint density at radius 1 is 0.483 bits per heavy atom. The van der Waals surface area contributed by atoms with Gasteiger partial charge in [-0.3, -0.25) is 0 Å². The van der Waals surface area contributed by atoms with Gasteiger partial charge in [0.25, 0.3) is 0 Å². The van der Waals surface area contributed by atoms with Gasteiger partial charge in [-0.05, 0) is 159 Å². The molecule has 7 aromatic rings. The maximum absolute atomic E-state index is 3.95. The van der Waals surface area contributed by atoms with Gasteiger partial charge in [0.15, 0.2) is 0 Å². The standard InChI is InChI=1S/C56H54N2/c1-8-9-10-11-21-32-56(45-22-15-12-16-23-45)52-37-48(57(46-24-17-13-18-25-46)54-41(4)33-39(2)34-42(54)5)28-30-50(52)51-31-29-49(38-53(51)56)58(47-26-19-14-20-27-47)55-43(6)35-40(3)36-44(55)7/h8-10,12-20,22-31,33-38H,1,11,21,32H2,2-7H3/b10-9+. The molecule has 0 amide bonds. The highest BCUT2D eigenvalue weighted by molar-refractivity contribution is 5.91. The smallest absolute Gasteiger partial charge is 0.0520 e. The molecule has 0 heterocycles. The molecule has 7 aromatic carbocycles. The van der Waals surface area contributed by atoms with Crippen molar-refractivity contribution in [2.45, 2.75) is 66.2 Å². The van der Waals surface area contributed by atoms with Gasteiger partial charge in [0.1, 0.15) is 0 Å². The first-order valence-corrected chi connectivity index (χ1v) is 20.7. The first-order chi connectivity index (χ1) is 28.2. The predicted molar refractivity (Wildman–Crippen MR) is 249 cm³/mol. The van der Waals surface area contributed by atoms with Crippen LogP contribution in [-0.4, -0.2) is 0 Å². The fourth-order valence-corrected chi connectivity index (χ4v) is 9.81. The molecule has 0 fully saturated rings. The second-order valence-corrected chi connectivity index (χ2v) is 16.1. The molecule has 1 aliphatic carbocycles. The van der Waals surface area contributed by atoms with Crippen LogP contribution in [0, 0.1) is 41.5 Å². The Kier molecular flexibility index (Phi) is 10.8. The van der Waals surface area contributed by atoms with Crippen LogP contribution in [0.5, 0.6) is 0 Å². The molecule has 0 radical (unpaired) electrons. The summed E-state index contributed by atoms with van der Waals surface area (Å²) in [7, 11) is 0. The summed E-state index contributed by atoms with van der Waals surface area (Å²) in [6.45, 7) is 17.3. The Morgan fingerprint density at radius 3 is 1.31 bits per heavy atom. The molecule has 0 saturated carbocycles. The SMILES string of the molecule is C=C/C=C/CCCC1(c2ccccc2)c2cc(N(c3ccccc3)c3c(C)cc(C)cc3C)ccc2-c2ccc(N(c3ccccc3)c3c(C)cc(C)cc3C)cc21. The molecule has 0 aliphatic heterocycles. The van der Waals surface area contributed by atoms with Crippen LogP contribution in [0.4, 0.5) is 34.1 Å². The van der Waals surface area contributed by atoms with E-state index < -0.39 is 5.41 Å². The van der Waals surface area contributed by atoms with E-state index in [0.717, 1.165) is 42.0 Å². The minimum atomic E-state index is -0.403. The first-order valence-electron chi connectivity index (χ1n) is 20.7. The van der Waals surface area contributed by atoms with Gasteiger partial charge in [-0.15, -0.1) is 0 Å². The minimum absolute atomic E-state index is 0.403. The maximum atomic E-state index is 3.95. The zero-order valence-electron chi connectivity index (χ0n) is 34.9. The van der Waals surface area contributed by atoms with Gasteiger partial charge >= 0.3 is 0 Å². The van der Waals surface area contributed by atoms with E-state index in [1.165, 1.54) is 72.6 Å². The van der Waals surface area contributed by atoms with Crippen molar-refractivity contribution < 1.29 is 0 Å². The Hall–Kier alpha value is -6.38. The van der Waals surface area contributed by atoms with Gasteiger partial charge in [0.05, 0.1) is 11.4 Å². The second kappa shape index (κ2) is 16.2. The molecular formula is C56H54N2. The molecule has 0 saturated heterocycles. The summed E-state index contributed by atoms with van der Waals surface area (Å²) in [6, 6.07) is 56.7. The van der Waals surface area contributed by atoms with Crippen LogP contribution in [0.15, 0.2) is 176 Å². The van der Waals surface area contributed by atoms with Gasteiger partial charge in [0, 0.05) is 28.2 Å². The van der Waals surface area contributed by atoms with Crippen LogP contribution in [0.1, 0.15) is 69.3 Å². The molecule has 288 valence electrons. The average Bonchev–Trinajstić information content (AvgIpc) is 3.50. The van der Waals surface area contributed by atoms with E-state index in [4.69, 9.17) is 0 Å². The van der Waals surface area contributed by atoms with Crippen molar-refractivity contribution in [2.75, 3.05) is 9.80 Å². The number of allylic oxidation sites excluding steroid dienone is 3. The molecule has 0 atom stereocenters. The molecular weight excluding hydrogens is 701 g/mol. The summed E-state index contributed by atoms with van der Waals surface area (Å²) in [4.78, 5) is 4.95. The predicted octanol–water partition coefficient (Wildman–Crippen LogP) is 15.7. The molecule has 2 nitrogen and oxygen atoms in total. The number of unbranched alkanes of at least 4 members (excludes halogenated alkanes) is 1. The zero-order chi connectivity index (χ0) is 40.4. The Balaban J connectivity index is 1.40. The normalized spacial score (nSPS) is 12.7. The Bertz CT molecular complexity index is 2420. The van der Waals surface area contributed by atoms with E-state index in [9.17, 15) is 0 Å². The van der Waals surface area contributed by atoms with Gasteiger partial charge in [0.2, 0.25) is 0 Å². The van der Waals surface area contributed by atoms with E-state index >= 15 is 0 Å². The van der Waals surface area contributed by atoms with Crippen molar-refractivity contribution in [3.8, 4) is 11.1 Å². The van der Waals surface area contributed by atoms with Gasteiger partial charge in [-0.1, -0.05) is 139 Å². The largest absolute Gasteiger partial charge is 0.310 e. The van der Waals surface area contributed by atoms with Crippen LogP contribution in [-0.2, 0) is 5.41 Å². The summed E-state index contributed by atoms with van der Waals surface area (Å²) in [5.41, 5.74) is 20.9. The topological polar surface area (TPSA) is 6.48 Å². The Morgan fingerprint density at radius 2 is 0.897 bits per heavy atom. The number of rotatable bonds is 12. The average molecular weight is 755 g/mol. The lowest BCUT2D eigenvalue weighted by atomic mass is 9.69. The number of hydrogen-bond donors (Lipinski definition) is 0. The number of para-hydroxylation sites is 2. The summed E-state index contributed by atoms with van der Waals surface area (Å²) in [5.74, 6) is 0. The lowest BCUT2D eigenvalue weighted by Gasteiger charge is -2.36. The van der Waals surface area contributed by atoms with Crippen LogP contribution in [0.2, 0.25) is 0 Å². The molecule has 58 heavy (non-hydrogen) atoms. The summed E-state index contributed by atoms with van der Waals surface area (Å²) in [5, 5.41) is 0. The van der Waals surface area contributed by atoms with Crippen molar-refractivity contribution in [3.63, 3.8) is 0 Å². The number of aryl methyl sites for hydroxylation is 6. The third-order valence-electron chi connectivity index (χ3n) is 11.9. The van der Waals surface area contributed by atoms with Crippen LogP contribution < -0.4 is 9.80 Å². The monoisotopic (exact) mass is 754 g/mol. The molecule has 8 rings (SSSR count). The zero-order valence-corrected chi connectivity index (χ0v) is 34.9. The summed E-state index contributed by atoms with van der Waals surface area (Å²) < 4.78 is 0. The van der Waals surface area contributed by atoms with E-state index in [-0.39, 0.29) is 0 Å². The fraction of sp³-hybridized carbons (Fsp3) is 0.179. The van der Waals surface area contributed by atoms with E-state index in [1.807, 2.05) is 6.08 Å². The van der Waals surface area contributed by atoms with Crippen LogP contribution >= 0.6 is 0 Å². The molecule has 0 spiro atoms. The third-order valence-corrected chi connectivity index (χ3v) is 11.9. The first kappa shape index (κ1) is 38.5. The van der Waals surface area contributed by atoms with Crippen molar-refractivity contribution >= 4 is 34.1 Å². The number of nitrogens with zero attached hydrogens (tertiary/aromatic N) is 2. The van der Waals surface area contributed by atoms with Crippen molar-refractivity contribution in [3.05, 3.63) is 227 Å². The lowest BCUT2D eigenvalue weighted by Crippen LogP contribution is -2.27. The van der Waals surface area contributed by atoms with Crippen molar-refractivity contribution in [1.82, 2.24) is 0 Å². The van der Waals surface area contributed by atoms with Gasteiger partial charge in [-0.25, -0.2) is 0 Å². The molecule has 0 N–H and O–H groups in total.